The van der Waals surface area contributed by atoms with Gasteiger partial charge in [-0.25, -0.2) is 0 Å². The van der Waals surface area contributed by atoms with E-state index in [1.54, 1.807) is 0 Å². The molecule has 1 aromatic carbocycles. The summed E-state index contributed by atoms with van der Waals surface area (Å²) in [5.74, 6) is -0.0549. The second-order valence-electron chi connectivity index (χ2n) is 3.68. The molecule has 2 N–H and O–H groups in total. The predicted molar refractivity (Wildman–Crippen MR) is 68.0 cm³/mol. The molecule has 0 aliphatic carbocycles. The lowest BCUT2D eigenvalue weighted by Crippen LogP contribution is -2.27. The summed E-state index contributed by atoms with van der Waals surface area (Å²) in [6.45, 7) is 4.52. The highest BCUT2D eigenvalue weighted by Crippen LogP contribution is 2.03. The van der Waals surface area contributed by atoms with Gasteiger partial charge in [-0.1, -0.05) is 12.1 Å². The summed E-state index contributed by atoms with van der Waals surface area (Å²) >= 11 is 0. The Morgan fingerprint density at radius 2 is 2.00 bits per heavy atom. The van der Waals surface area contributed by atoms with Crippen LogP contribution in [-0.2, 0) is 11.3 Å². The summed E-state index contributed by atoms with van der Waals surface area (Å²) in [5, 5.41) is 5.87. The predicted octanol–water partition coefficient (Wildman–Crippen LogP) is 1.17. The van der Waals surface area contributed by atoms with Crippen LogP contribution >= 0.6 is 0 Å². The third kappa shape index (κ3) is 4.97. The van der Waals surface area contributed by atoms with Crippen molar-refractivity contribution in [3.63, 3.8) is 0 Å². The zero-order valence-electron chi connectivity index (χ0n) is 10.5. The molecule has 0 spiro atoms. The topological polar surface area (TPSA) is 50.4 Å². The summed E-state index contributed by atoms with van der Waals surface area (Å²) in [7, 11) is 1.90. The third-order valence-electron chi connectivity index (χ3n) is 2.33. The highest BCUT2D eigenvalue weighted by molar-refractivity contribution is 5.94. The molecule has 1 rings (SSSR count). The second kappa shape index (κ2) is 7.81. The monoisotopic (exact) mass is 236 g/mol. The lowest BCUT2D eigenvalue weighted by atomic mass is 10.1. The molecule has 1 aromatic rings. The van der Waals surface area contributed by atoms with Crippen LogP contribution in [0.2, 0.25) is 0 Å². The summed E-state index contributed by atoms with van der Waals surface area (Å²) in [4.78, 5) is 11.7. The molecule has 4 nitrogen and oxygen atoms in total. The van der Waals surface area contributed by atoms with E-state index in [0.29, 0.717) is 25.3 Å². The van der Waals surface area contributed by atoms with Gasteiger partial charge in [0.2, 0.25) is 0 Å². The Morgan fingerprint density at radius 1 is 1.29 bits per heavy atom. The van der Waals surface area contributed by atoms with Crippen molar-refractivity contribution in [2.45, 2.75) is 13.5 Å². The van der Waals surface area contributed by atoms with Gasteiger partial charge in [0.1, 0.15) is 0 Å². The van der Waals surface area contributed by atoms with Gasteiger partial charge in [-0.3, -0.25) is 4.79 Å². The lowest BCUT2D eigenvalue weighted by Gasteiger charge is -2.06. The Morgan fingerprint density at radius 3 is 2.59 bits per heavy atom. The summed E-state index contributed by atoms with van der Waals surface area (Å²) in [6.07, 6.45) is 0. The molecule has 17 heavy (non-hydrogen) atoms. The molecule has 0 aromatic heterocycles. The quantitative estimate of drug-likeness (QED) is 0.699. The first-order valence-corrected chi connectivity index (χ1v) is 5.87. The van der Waals surface area contributed by atoms with Crippen LogP contribution in [0.15, 0.2) is 24.3 Å². The van der Waals surface area contributed by atoms with Crippen molar-refractivity contribution in [2.75, 3.05) is 26.8 Å². The van der Waals surface area contributed by atoms with E-state index in [1.165, 1.54) is 5.56 Å². The minimum absolute atomic E-state index is 0.0549. The van der Waals surface area contributed by atoms with Crippen LogP contribution in [-0.4, -0.2) is 32.7 Å². The molecule has 94 valence electrons. The summed E-state index contributed by atoms with van der Waals surface area (Å²) in [5.41, 5.74) is 1.85. The Balaban J connectivity index is 2.40. The average molecular weight is 236 g/mol. The standard InChI is InChI=1S/C13H20N2O2/c1-3-17-9-8-15-13(16)12-6-4-11(5-7-12)10-14-2/h4-7,14H,3,8-10H2,1-2H3,(H,15,16). The highest BCUT2D eigenvalue weighted by atomic mass is 16.5. The molecular weight excluding hydrogens is 216 g/mol. The molecule has 0 bridgehead atoms. The van der Waals surface area contributed by atoms with E-state index in [2.05, 4.69) is 10.6 Å². The Hall–Kier alpha value is -1.39. The molecule has 0 aliphatic heterocycles. The molecule has 0 atom stereocenters. The molecule has 0 aliphatic rings. The van der Waals surface area contributed by atoms with Crippen LogP contribution in [0.4, 0.5) is 0 Å². The largest absolute Gasteiger partial charge is 0.380 e. The number of hydrogen-bond donors (Lipinski definition) is 2. The van der Waals surface area contributed by atoms with Gasteiger partial charge in [-0.2, -0.15) is 0 Å². The Bertz CT molecular complexity index is 336. The fraction of sp³-hybridized carbons (Fsp3) is 0.462. The molecule has 0 heterocycles. The maximum Gasteiger partial charge on any atom is 0.251 e. The number of carbonyl (C=O) groups is 1. The van der Waals surface area contributed by atoms with E-state index in [0.717, 1.165) is 6.54 Å². The molecule has 0 unspecified atom stereocenters. The molecule has 0 radical (unpaired) electrons. The van der Waals surface area contributed by atoms with E-state index >= 15 is 0 Å². The van der Waals surface area contributed by atoms with E-state index in [1.807, 2.05) is 38.2 Å². The van der Waals surface area contributed by atoms with Crippen molar-refractivity contribution in [3.8, 4) is 0 Å². The zero-order valence-corrected chi connectivity index (χ0v) is 10.5. The average Bonchev–Trinajstić information content (AvgIpc) is 2.36. The van der Waals surface area contributed by atoms with Gasteiger partial charge in [-0.15, -0.1) is 0 Å². The molecular formula is C13H20N2O2. The maximum absolute atomic E-state index is 11.7. The number of carbonyl (C=O) groups excluding carboxylic acids is 1. The van der Waals surface area contributed by atoms with E-state index in [4.69, 9.17) is 4.74 Å². The number of hydrogen-bond acceptors (Lipinski definition) is 3. The number of ether oxygens (including phenoxy) is 1. The number of amides is 1. The van der Waals surface area contributed by atoms with Gasteiger partial charge in [0, 0.05) is 25.3 Å². The smallest absolute Gasteiger partial charge is 0.251 e. The SMILES string of the molecule is CCOCCNC(=O)c1ccc(CNC)cc1. The fourth-order valence-corrected chi connectivity index (χ4v) is 1.46. The summed E-state index contributed by atoms with van der Waals surface area (Å²) < 4.78 is 5.15. The Kier molecular flexibility index (Phi) is 6.29. The first-order valence-electron chi connectivity index (χ1n) is 5.87. The van der Waals surface area contributed by atoms with Crippen molar-refractivity contribution in [3.05, 3.63) is 35.4 Å². The fourth-order valence-electron chi connectivity index (χ4n) is 1.46. The van der Waals surface area contributed by atoms with E-state index < -0.39 is 0 Å². The molecule has 0 saturated carbocycles. The highest BCUT2D eigenvalue weighted by Gasteiger charge is 2.03. The van der Waals surface area contributed by atoms with E-state index in [-0.39, 0.29) is 5.91 Å². The summed E-state index contributed by atoms with van der Waals surface area (Å²) in [6, 6.07) is 7.58. The van der Waals surface area contributed by atoms with Crippen molar-refractivity contribution in [1.29, 1.82) is 0 Å². The molecule has 4 heteroatoms. The number of benzene rings is 1. The number of nitrogens with one attached hydrogen (secondary N) is 2. The zero-order chi connectivity index (χ0) is 12.5. The number of rotatable bonds is 7. The van der Waals surface area contributed by atoms with Crippen LogP contribution < -0.4 is 10.6 Å². The van der Waals surface area contributed by atoms with Crippen LogP contribution in [0.3, 0.4) is 0 Å². The van der Waals surface area contributed by atoms with Crippen molar-refractivity contribution in [2.24, 2.45) is 0 Å². The molecule has 1 amide bonds. The second-order valence-corrected chi connectivity index (χ2v) is 3.68. The van der Waals surface area contributed by atoms with Gasteiger partial charge < -0.3 is 15.4 Å². The van der Waals surface area contributed by atoms with Gasteiger partial charge in [-0.05, 0) is 31.7 Å². The van der Waals surface area contributed by atoms with Crippen LogP contribution in [0.1, 0.15) is 22.8 Å². The molecule has 0 saturated heterocycles. The maximum atomic E-state index is 11.7. The van der Waals surface area contributed by atoms with Crippen LogP contribution in [0, 0.1) is 0 Å². The van der Waals surface area contributed by atoms with Gasteiger partial charge in [0.25, 0.3) is 5.91 Å². The van der Waals surface area contributed by atoms with Crippen molar-refractivity contribution in [1.82, 2.24) is 10.6 Å². The van der Waals surface area contributed by atoms with E-state index in [9.17, 15) is 4.79 Å². The first kappa shape index (κ1) is 13.7. The Labute approximate surface area is 102 Å². The van der Waals surface area contributed by atoms with Crippen LogP contribution in [0.5, 0.6) is 0 Å². The minimum Gasteiger partial charge on any atom is -0.380 e. The van der Waals surface area contributed by atoms with Gasteiger partial charge in [0.05, 0.1) is 6.61 Å². The van der Waals surface area contributed by atoms with Crippen molar-refractivity contribution >= 4 is 5.91 Å². The van der Waals surface area contributed by atoms with Gasteiger partial charge >= 0.3 is 0 Å². The van der Waals surface area contributed by atoms with Crippen molar-refractivity contribution < 1.29 is 9.53 Å². The normalized spacial score (nSPS) is 10.2. The van der Waals surface area contributed by atoms with Crippen LogP contribution in [0.25, 0.3) is 0 Å². The lowest BCUT2D eigenvalue weighted by molar-refractivity contribution is 0.0922. The molecule has 0 fully saturated rings. The first-order chi connectivity index (χ1) is 8.27. The third-order valence-corrected chi connectivity index (χ3v) is 2.33. The minimum atomic E-state index is -0.0549. The van der Waals surface area contributed by atoms with Gasteiger partial charge in [0.15, 0.2) is 0 Å².